The number of anilines is 1. The fourth-order valence-corrected chi connectivity index (χ4v) is 1.34. The first-order chi connectivity index (χ1) is 7.68. The Morgan fingerprint density at radius 2 is 1.88 bits per heavy atom. The second kappa shape index (κ2) is 3.93. The molecule has 80 valence electrons. The van der Waals surface area contributed by atoms with Crippen LogP contribution < -0.4 is 5.73 Å². The summed E-state index contributed by atoms with van der Waals surface area (Å²) in [6.07, 6.45) is 0. The summed E-state index contributed by atoms with van der Waals surface area (Å²) in [5.74, 6) is 0.280. The molecule has 0 aliphatic heterocycles. The van der Waals surface area contributed by atoms with Crippen molar-refractivity contribution in [3.05, 3.63) is 46.5 Å². The third kappa shape index (κ3) is 1.81. The van der Waals surface area contributed by atoms with Gasteiger partial charge in [-0.15, -0.1) is 10.2 Å². The van der Waals surface area contributed by atoms with Crippen molar-refractivity contribution in [2.24, 2.45) is 0 Å². The highest BCUT2D eigenvalue weighted by Gasteiger charge is 2.14. The van der Waals surface area contributed by atoms with E-state index in [1.165, 1.54) is 6.07 Å². The van der Waals surface area contributed by atoms with Gasteiger partial charge >= 0.3 is 0 Å². The molecule has 0 bridgehead atoms. The number of aromatic nitrogens is 2. The highest BCUT2D eigenvalue weighted by molar-refractivity contribution is 5.70. The van der Waals surface area contributed by atoms with Crippen molar-refractivity contribution < 1.29 is 4.92 Å². The van der Waals surface area contributed by atoms with Crippen LogP contribution in [0.4, 0.5) is 11.5 Å². The summed E-state index contributed by atoms with van der Waals surface area (Å²) in [7, 11) is 0. The Morgan fingerprint density at radius 3 is 2.50 bits per heavy atom. The van der Waals surface area contributed by atoms with Gasteiger partial charge in [-0.05, 0) is 18.2 Å². The zero-order valence-electron chi connectivity index (χ0n) is 8.20. The Bertz CT molecular complexity index is 525. The Kier molecular flexibility index (Phi) is 2.47. The maximum absolute atomic E-state index is 10.8. The maximum Gasteiger partial charge on any atom is 0.278 e. The number of nitro benzene ring substituents is 1. The summed E-state index contributed by atoms with van der Waals surface area (Å²) in [6, 6.07) is 9.52. The molecule has 0 radical (unpaired) electrons. The molecule has 0 fully saturated rings. The summed E-state index contributed by atoms with van der Waals surface area (Å²) >= 11 is 0. The molecular weight excluding hydrogens is 208 g/mol. The quantitative estimate of drug-likeness (QED) is 0.608. The number of hydrogen-bond donors (Lipinski definition) is 1. The number of hydrogen-bond acceptors (Lipinski definition) is 5. The monoisotopic (exact) mass is 216 g/mol. The molecule has 2 N–H and O–H groups in total. The Labute approximate surface area is 90.9 Å². The van der Waals surface area contributed by atoms with E-state index in [4.69, 9.17) is 5.73 Å². The molecule has 2 aromatic rings. The summed E-state index contributed by atoms with van der Waals surface area (Å²) in [4.78, 5) is 10.3. The molecule has 1 aromatic carbocycles. The van der Waals surface area contributed by atoms with Crippen LogP contribution in [0.1, 0.15) is 0 Å². The molecule has 0 amide bonds. The highest BCUT2D eigenvalue weighted by atomic mass is 16.6. The number of nitro groups is 1. The van der Waals surface area contributed by atoms with Gasteiger partial charge in [-0.1, -0.05) is 12.1 Å². The predicted octanol–water partition coefficient (Wildman–Crippen LogP) is 1.63. The van der Waals surface area contributed by atoms with Gasteiger partial charge in [0.1, 0.15) is 5.82 Å². The average Bonchev–Trinajstić information content (AvgIpc) is 2.30. The fourth-order valence-electron chi connectivity index (χ4n) is 1.34. The SMILES string of the molecule is Nc1ccc(-c2ccccc2[N+](=O)[O-])nn1. The highest BCUT2D eigenvalue weighted by Crippen LogP contribution is 2.27. The minimum absolute atomic E-state index is 0.00146. The molecule has 1 heterocycles. The van der Waals surface area contributed by atoms with Crippen LogP contribution in [0.3, 0.4) is 0 Å². The van der Waals surface area contributed by atoms with Gasteiger partial charge in [0, 0.05) is 6.07 Å². The largest absolute Gasteiger partial charge is 0.382 e. The lowest BCUT2D eigenvalue weighted by Crippen LogP contribution is -1.96. The van der Waals surface area contributed by atoms with Gasteiger partial charge < -0.3 is 5.73 Å². The van der Waals surface area contributed by atoms with Crippen molar-refractivity contribution in [3.63, 3.8) is 0 Å². The number of nitrogens with zero attached hydrogens (tertiary/aromatic N) is 3. The molecule has 0 saturated heterocycles. The van der Waals surface area contributed by atoms with Crippen LogP contribution in [0.15, 0.2) is 36.4 Å². The van der Waals surface area contributed by atoms with Crippen LogP contribution in [0.2, 0.25) is 0 Å². The van der Waals surface area contributed by atoms with Crippen molar-refractivity contribution >= 4 is 11.5 Å². The lowest BCUT2D eigenvalue weighted by Gasteiger charge is -2.01. The number of rotatable bonds is 2. The van der Waals surface area contributed by atoms with E-state index < -0.39 is 4.92 Å². The zero-order chi connectivity index (χ0) is 11.5. The first-order valence-electron chi connectivity index (χ1n) is 4.51. The summed E-state index contributed by atoms with van der Waals surface area (Å²) in [5, 5.41) is 18.3. The van der Waals surface area contributed by atoms with E-state index in [-0.39, 0.29) is 11.5 Å². The number of nitrogen functional groups attached to an aromatic ring is 1. The maximum atomic E-state index is 10.8. The molecule has 1 aromatic heterocycles. The van der Waals surface area contributed by atoms with E-state index in [0.717, 1.165) is 0 Å². The van der Waals surface area contributed by atoms with Gasteiger partial charge in [-0.3, -0.25) is 10.1 Å². The van der Waals surface area contributed by atoms with Crippen LogP contribution in [0.5, 0.6) is 0 Å². The Hall–Kier alpha value is -2.50. The van der Waals surface area contributed by atoms with Crippen molar-refractivity contribution in [2.45, 2.75) is 0 Å². The number of benzene rings is 1. The first-order valence-corrected chi connectivity index (χ1v) is 4.51. The standard InChI is InChI=1S/C10H8N4O2/c11-10-6-5-8(12-13-10)7-3-1-2-4-9(7)14(15)16/h1-6H,(H2,11,13). The van der Waals surface area contributed by atoms with Crippen molar-refractivity contribution in [1.82, 2.24) is 10.2 Å². The van der Waals surface area contributed by atoms with Gasteiger partial charge in [0.15, 0.2) is 0 Å². The minimum atomic E-state index is -0.451. The Balaban J connectivity index is 2.55. The smallest absolute Gasteiger partial charge is 0.278 e. The van der Waals surface area contributed by atoms with Gasteiger partial charge in [0.2, 0.25) is 0 Å². The van der Waals surface area contributed by atoms with E-state index in [9.17, 15) is 10.1 Å². The zero-order valence-corrected chi connectivity index (χ0v) is 8.20. The summed E-state index contributed by atoms with van der Waals surface area (Å²) in [6.45, 7) is 0. The van der Waals surface area contributed by atoms with Gasteiger partial charge in [0.05, 0.1) is 16.2 Å². The van der Waals surface area contributed by atoms with Crippen molar-refractivity contribution in [2.75, 3.05) is 5.73 Å². The van der Waals surface area contributed by atoms with E-state index in [1.54, 1.807) is 30.3 Å². The third-order valence-corrected chi connectivity index (χ3v) is 2.06. The number of para-hydroxylation sites is 1. The summed E-state index contributed by atoms with van der Waals surface area (Å²) in [5.41, 5.74) is 6.26. The van der Waals surface area contributed by atoms with Crippen molar-refractivity contribution in [1.29, 1.82) is 0 Å². The minimum Gasteiger partial charge on any atom is -0.382 e. The fraction of sp³-hybridized carbons (Fsp3) is 0. The lowest BCUT2D eigenvalue weighted by atomic mass is 10.1. The van der Waals surface area contributed by atoms with Crippen LogP contribution in [0, 0.1) is 10.1 Å². The van der Waals surface area contributed by atoms with Gasteiger partial charge in [-0.2, -0.15) is 0 Å². The Morgan fingerprint density at radius 1 is 1.12 bits per heavy atom. The van der Waals surface area contributed by atoms with E-state index in [0.29, 0.717) is 11.3 Å². The lowest BCUT2D eigenvalue weighted by molar-refractivity contribution is -0.384. The van der Waals surface area contributed by atoms with Gasteiger partial charge in [0.25, 0.3) is 5.69 Å². The first kappa shape index (κ1) is 10.0. The number of nitrogens with two attached hydrogens (primary N) is 1. The molecule has 0 unspecified atom stereocenters. The molecule has 0 aliphatic carbocycles. The third-order valence-electron chi connectivity index (χ3n) is 2.06. The molecule has 6 nitrogen and oxygen atoms in total. The van der Waals surface area contributed by atoms with Crippen LogP contribution in [-0.2, 0) is 0 Å². The second-order valence-electron chi connectivity index (χ2n) is 3.12. The second-order valence-corrected chi connectivity index (χ2v) is 3.12. The predicted molar refractivity (Wildman–Crippen MR) is 58.5 cm³/mol. The van der Waals surface area contributed by atoms with E-state index >= 15 is 0 Å². The molecular formula is C10H8N4O2. The van der Waals surface area contributed by atoms with E-state index in [2.05, 4.69) is 10.2 Å². The summed E-state index contributed by atoms with van der Waals surface area (Å²) < 4.78 is 0. The molecule has 16 heavy (non-hydrogen) atoms. The van der Waals surface area contributed by atoms with Gasteiger partial charge in [-0.25, -0.2) is 0 Å². The van der Waals surface area contributed by atoms with E-state index in [1.807, 2.05) is 0 Å². The van der Waals surface area contributed by atoms with Crippen LogP contribution >= 0.6 is 0 Å². The van der Waals surface area contributed by atoms with Crippen LogP contribution in [0.25, 0.3) is 11.3 Å². The van der Waals surface area contributed by atoms with Crippen LogP contribution in [-0.4, -0.2) is 15.1 Å². The molecule has 0 aliphatic rings. The molecule has 0 spiro atoms. The molecule has 0 saturated carbocycles. The average molecular weight is 216 g/mol. The topological polar surface area (TPSA) is 94.9 Å². The normalized spacial score (nSPS) is 10.0. The molecule has 2 rings (SSSR count). The van der Waals surface area contributed by atoms with Crippen molar-refractivity contribution in [3.8, 4) is 11.3 Å². The molecule has 6 heteroatoms. The molecule has 0 atom stereocenters.